The van der Waals surface area contributed by atoms with Crippen LogP contribution in [0.1, 0.15) is 27.7 Å². The summed E-state index contributed by atoms with van der Waals surface area (Å²) in [4.78, 5) is 36.0. The van der Waals surface area contributed by atoms with Crippen molar-refractivity contribution < 1.29 is 23.9 Å². The summed E-state index contributed by atoms with van der Waals surface area (Å²) in [6.45, 7) is 6.90. The molecule has 0 aromatic heterocycles. The van der Waals surface area contributed by atoms with Gasteiger partial charge in [-0.2, -0.15) is 0 Å². The van der Waals surface area contributed by atoms with Gasteiger partial charge in [0, 0.05) is 10.7 Å². The number of amides is 2. The van der Waals surface area contributed by atoms with Crippen molar-refractivity contribution in [3.05, 3.63) is 10.6 Å². The van der Waals surface area contributed by atoms with Crippen LogP contribution < -0.4 is 10.6 Å². The molecule has 1 rings (SSSR count). The molecule has 0 saturated carbocycles. The van der Waals surface area contributed by atoms with Crippen LogP contribution in [0.3, 0.4) is 0 Å². The summed E-state index contributed by atoms with van der Waals surface area (Å²) in [6.07, 6.45) is -0.678. The average molecular weight is 316 g/mol. The van der Waals surface area contributed by atoms with E-state index in [0.717, 1.165) is 0 Å². The maximum atomic E-state index is 12.1. The molecule has 0 spiro atoms. The standard InChI is InChI=1S/C13H20N2O5S/c1-7-9(11(17)19-5)15-10(16)8(6-21-7)14-12(18)20-13(2,3)4/h8H,6H2,1-5H3,(H,14,18)(H,15,16)/t8-/m0/s1. The third-order valence-corrected chi connectivity index (χ3v) is 3.60. The SMILES string of the molecule is COC(=O)C1=C(C)SC[C@H](NC(=O)OC(C)(C)C)C(=O)N1. The monoisotopic (exact) mass is 316 g/mol. The van der Waals surface area contributed by atoms with Crippen molar-refractivity contribution in [1.82, 2.24) is 10.6 Å². The highest BCUT2D eigenvalue weighted by Crippen LogP contribution is 2.23. The second kappa shape index (κ2) is 6.84. The molecule has 1 aliphatic heterocycles. The maximum Gasteiger partial charge on any atom is 0.408 e. The third-order valence-electron chi connectivity index (χ3n) is 2.46. The molecule has 1 atom stereocenters. The summed E-state index contributed by atoms with van der Waals surface area (Å²) >= 11 is 1.29. The molecule has 118 valence electrons. The Morgan fingerprint density at radius 1 is 1.38 bits per heavy atom. The first-order valence-corrected chi connectivity index (χ1v) is 7.35. The molecule has 0 fully saturated rings. The van der Waals surface area contributed by atoms with Gasteiger partial charge in [-0.05, 0) is 27.7 Å². The number of carbonyl (C=O) groups excluding carboxylic acids is 3. The highest BCUT2D eigenvalue weighted by molar-refractivity contribution is 8.03. The minimum Gasteiger partial charge on any atom is -0.464 e. The first kappa shape index (κ1) is 17.4. The number of hydrogen-bond acceptors (Lipinski definition) is 6. The molecule has 0 radical (unpaired) electrons. The van der Waals surface area contributed by atoms with Gasteiger partial charge >= 0.3 is 12.1 Å². The van der Waals surface area contributed by atoms with Gasteiger partial charge in [-0.25, -0.2) is 9.59 Å². The van der Waals surface area contributed by atoms with Gasteiger partial charge in [-0.15, -0.1) is 11.8 Å². The molecule has 0 aromatic carbocycles. The number of thioether (sulfide) groups is 1. The maximum absolute atomic E-state index is 12.1. The smallest absolute Gasteiger partial charge is 0.408 e. The van der Waals surface area contributed by atoms with Crippen LogP contribution in [0.4, 0.5) is 4.79 Å². The zero-order valence-electron chi connectivity index (χ0n) is 12.7. The fraction of sp³-hybridized carbons (Fsp3) is 0.615. The van der Waals surface area contributed by atoms with E-state index in [1.54, 1.807) is 27.7 Å². The lowest BCUT2D eigenvalue weighted by Crippen LogP contribution is -2.49. The molecule has 8 heteroatoms. The number of methoxy groups -OCH3 is 1. The van der Waals surface area contributed by atoms with Gasteiger partial charge in [0.05, 0.1) is 7.11 Å². The van der Waals surface area contributed by atoms with Crippen molar-refractivity contribution in [1.29, 1.82) is 0 Å². The fourth-order valence-corrected chi connectivity index (χ4v) is 2.44. The van der Waals surface area contributed by atoms with Crippen molar-refractivity contribution in [3.63, 3.8) is 0 Å². The van der Waals surface area contributed by atoms with Crippen LogP contribution in [0.25, 0.3) is 0 Å². The van der Waals surface area contributed by atoms with E-state index in [4.69, 9.17) is 4.74 Å². The van der Waals surface area contributed by atoms with Crippen molar-refractivity contribution in [2.75, 3.05) is 12.9 Å². The van der Waals surface area contributed by atoms with Crippen molar-refractivity contribution in [2.24, 2.45) is 0 Å². The van der Waals surface area contributed by atoms with Crippen molar-refractivity contribution in [2.45, 2.75) is 39.3 Å². The van der Waals surface area contributed by atoms with Gasteiger partial charge in [0.15, 0.2) is 0 Å². The molecule has 0 aromatic rings. The van der Waals surface area contributed by atoms with Crippen LogP contribution in [-0.2, 0) is 19.1 Å². The highest BCUT2D eigenvalue weighted by Gasteiger charge is 2.30. The van der Waals surface area contributed by atoms with E-state index in [1.807, 2.05) is 0 Å². The Bertz CT molecular complexity index is 481. The molecule has 0 bridgehead atoms. The van der Waals surface area contributed by atoms with E-state index in [0.29, 0.717) is 10.7 Å². The van der Waals surface area contributed by atoms with Gasteiger partial charge in [0.1, 0.15) is 17.3 Å². The van der Waals surface area contributed by atoms with Gasteiger partial charge in [-0.3, -0.25) is 4.79 Å². The number of ether oxygens (including phenoxy) is 2. The van der Waals surface area contributed by atoms with E-state index in [9.17, 15) is 14.4 Å². The summed E-state index contributed by atoms with van der Waals surface area (Å²) in [6, 6.07) is -0.790. The Balaban J connectivity index is 2.73. The first-order chi connectivity index (χ1) is 9.64. The summed E-state index contributed by atoms with van der Waals surface area (Å²) in [5.41, 5.74) is -0.551. The fourth-order valence-electron chi connectivity index (χ4n) is 1.51. The van der Waals surface area contributed by atoms with Gasteiger partial charge in [0.2, 0.25) is 5.91 Å². The predicted octanol–water partition coefficient (Wildman–Crippen LogP) is 1.15. The van der Waals surface area contributed by atoms with Crippen LogP contribution in [0, 0.1) is 0 Å². The average Bonchev–Trinajstić information content (AvgIpc) is 2.48. The first-order valence-electron chi connectivity index (χ1n) is 6.36. The molecule has 0 aliphatic carbocycles. The lowest BCUT2D eigenvalue weighted by Gasteiger charge is -2.22. The van der Waals surface area contributed by atoms with Crippen LogP contribution >= 0.6 is 11.8 Å². The molecule has 2 amide bonds. The minimum atomic E-state index is -0.790. The summed E-state index contributed by atoms with van der Waals surface area (Å²) < 4.78 is 9.72. The van der Waals surface area contributed by atoms with E-state index in [1.165, 1.54) is 18.9 Å². The molecular formula is C13H20N2O5S. The Hall–Kier alpha value is -1.70. The molecule has 2 N–H and O–H groups in total. The predicted molar refractivity (Wildman–Crippen MR) is 78.5 cm³/mol. The Labute approximate surface area is 127 Å². The molecule has 1 heterocycles. The number of esters is 1. The van der Waals surface area contributed by atoms with Crippen LogP contribution in [0.15, 0.2) is 10.6 Å². The van der Waals surface area contributed by atoms with Gasteiger partial charge < -0.3 is 20.1 Å². The van der Waals surface area contributed by atoms with E-state index >= 15 is 0 Å². The number of carbonyl (C=O) groups is 3. The lowest BCUT2D eigenvalue weighted by atomic mass is 10.2. The number of hydrogen-bond donors (Lipinski definition) is 2. The molecule has 7 nitrogen and oxygen atoms in total. The molecular weight excluding hydrogens is 296 g/mol. The number of rotatable bonds is 2. The van der Waals surface area contributed by atoms with Crippen LogP contribution in [0.2, 0.25) is 0 Å². The second-order valence-electron chi connectivity index (χ2n) is 5.42. The number of nitrogens with one attached hydrogen (secondary N) is 2. The Morgan fingerprint density at radius 3 is 2.52 bits per heavy atom. The largest absolute Gasteiger partial charge is 0.464 e. The van der Waals surface area contributed by atoms with Gasteiger partial charge in [-0.1, -0.05) is 0 Å². The van der Waals surface area contributed by atoms with Crippen LogP contribution in [0.5, 0.6) is 0 Å². The summed E-state index contributed by atoms with van der Waals surface area (Å²) in [7, 11) is 1.24. The molecule has 0 unspecified atom stereocenters. The third kappa shape index (κ3) is 5.30. The normalized spacial score (nSPS) is 19.5. The zero-order chi connectivity index (χ0) is 16.2. The summed E-state index contributed by atoms with van der Waals surface area (Å²) in [5, 5.41) is 4.96. The van der Waals surface area contributed by atoms with Crippen LogP contribution in [-0.4, -0.2) is 42.5 Å². The van der Waals surface area contributed by atoms with Crippen molar-refractivity contribution >= 4 is 29.7 Å². The number of alkyl carbamates (subject to hydrolysis) is 1. The quantitative estimate of drug-likeness (QED) is 0.742. The second-order valence-corrected chi connectivity index (χ2v) is 6.66. The molecule has 21 heavy (non-hydrogen) atoms. The lowest BCUT2D eigenvalue weighted by molar-refractivity contribution is -0.137. The highest BCUT2D eigenvalue weighted by atomic mass is 32.2. The topological polar surface area (TPSA) is 93.7 Å². The van der Waals surface area contributed by atoms with E-state index in [2.05, 4.69) is 15.4 Å². The van der Waals surface area contributed by atoms with Crippen molar-refractivity contribution in [3.8, 4) is 0 Å². The Morgan fingerprint density at radius 2 is 2.00 bits per heavy atom. The minimum absolute atomic E-state index is 0.0981. The van der Waals surface area contributed by atoms with E-state index in [-0.39, 0.29) is 5.70 Å². The zero-order valence-corrected chi connectivity index (χ0v) is 13.6. The van der Waals surface area contributed by atoms with Gasteiger partial charge in [0.25, 0.3) is 0 Å². The number of allylic oxidation sites excluding steroid dienone is 1. The molecule has 0 saturated heterocycles. The Kier molecular flexibility index (Phi) is 5.65. The summed E-state index contributed by atoms with van der Waals surface area (Å²) in [5.74, 6) is -0.797. The molecule has 1 aliphatic rings. The van der Waals surface area contributed by atoms with E-state index < -0.39 is 29.6 Å².